The molecule has 2 rings (SSSR count). The van der Waals surface area contributed by atoms with E-state index in [1.807, 2.05) is 0 Å². The Hall–Kier alpha value is -0.580. The molecule has 15 heavy (non-hydrogen) atoms. The van der Waals surface area contributed by atoms with Crippen molar-refractivity contribution in [2.45, 2.75) is 33.4 Å². The van der Waals surface area contributed by atoms with Crippen LogP contribution in [0.1, 0.15) is 25.2 Å². The van der Waals surface area contributed by atoms with Crippen LogP contribution in [-0.2, 0) is 6.54 Å². The first-order chi connectivity index (χ1) is 7.09. The van der Waals surface area contributed by atoms with E-state index in [2.05, 4.69) is 40.9 Å². The van der Waals surface area contributed by atoms with Crippen LogP contribution in [0.2, 0.25) is 5.15 Å². The number of imidazole rings is 1. The van der Waals surface area contributed by atoms with Gasteiger partial charge in [0.25, 0.3) is 0 Å². The van der Waals surface area contributed by atoms with Crippen LogP contribution in [0.25, 0.3) is 4.96 Å². The predicted octanol–water partition coefficient (Wildman–Crippen LogP) is 2.86. The number of rotatable bonds is 3. The highest BCUT2D eigenvalue weighted by atomic mass is 35.5. The lowest BCUT2D eigenvalue weighted by atomic mass is 10.3. The number of aromatic nitrogens is 2. The van der Waals surface area contributed by atoms with E-state index in [1.54, 1.807) is 11.3 Å². The quantitative estimate of drug-likeness (QED) is 0.898. The van der Waals surface area contributed by atoms with Gasteiger partial charge in [-0.1, -0.05) is 25.4 Å². The molecule has 0 bridgehead atoms. The maximum Gasteiger partial charge on any atom is 0.195 e. The van der Waals surface area contributed by atoms with Gasteiger partial charge in [0.1, 0.15) is 0 Å². The molecule has 2 aromatic rings. The molecule has 0 aromatic carbocycles. The number of aryl methyl sites for hydroxylation is 1. The summed E-state index contributed by atoms with van der Waals surface area (Å²) < 4.78 is 2.11. The molecular weight excluding hydrogens is 230 g/mol. The first-order valence-corrected chi connectivity index (χ1v) is 6.19. The van der Waals surface area contributed by atoms with E-state index >= 15 is 0 Å². The van der Waals surface area contributed by atoms with Crippen molar-refractivity contribution in [3.8, 4) is 0 Å². The Balaban J connectivity index is 2.39. The van der Waals surface area contributed by atoms with Crippen LogP contribution in [0.5, 0.6) is 0 Å². The molecule has 0 unspecified atom stereocenters. The standard InChI is InChI=1S/C10H14ClN3S/c1-6(2)12-4-8-9(11)13-10-14(8)7(3)5-15-10/h5-6,12H,4H2,1-3H3. The maximum absolute atomic E-state index is 6.10. The first-order valence-electron chi connectivity index (χ1n) is 4.94. The fraction of sp³-hybridized carbons (Fsp3) is 0.500. The van der Waals surface area contributed by atoms with Gasteiger partial charge in [0.05, 0.1) is 5.69 Å². The number of halogens is 1. The summed E-state index contributed by atoms with van der Waals surface area (Å²) in [5.74, 6) is 0. The Morgan fingerprint density at radius 3 is 3.00 bits per heavy atom. The molecule has 0 atom stereocenters. The van der Waals surface area contributed by atoms with Gasteiger partial charge < -0.3 is 5.32 Å². The van der Waals surface area contributed by atoms with E-state index in [9.17, 15) is 0 Å². The summed E-state index contributed by atoms with van der Waals surface area (Å²) in [7, 11) is 0. The van der Waals surface area contributed by atoms with E-state index in [1.165, 1.54) is 5.69 Å². The van der Waals surface area contributed by atoms with Crippen molar-refractivity contribution in [3.05, 3.63) is 21.9 Å². The zero-order valence-electron chi connectivity index (χ0n) is 9.04. The highest BCUT2D eigenvalue weighted by molar-refractivity contribution is 7.15. The van der Waals surface area contributed by atoms with E-state index in [4.69, 9.17) is 11.6 Å². The molecule has 82 valence electrons. The van der Waals surface area contributed by atoms with Crippen molar-refractivity contribution >= 4 is 27.9 Å². The zero-order valence-corrected chi connectivity index (χ0v) is 10.6. The number of hydrogen-bond donors (Lipinski definition) is 1. The van der Waals surface area contributed by atoms with Crippen LogP contribution in [0.4, 0.5) is 0 Å². The molecule has 0 fully saturated rings. The molecule has 0 saturated carbocycles. The molecular formula is C10H14ClN3S. The van der Waals surface area contributed by atoms with E-state index < -0.39 is 0 Å². The van der Waals surface area contributed by atoms with Gasteiger partial charge in [-0.2, -0.15) is 0 Å². The van der Waals surface area contributed by atoms with E-state index in [-0.39, 0.29) is 0 Å². The van der Waals surface area contributed by atoms with Gasteiger partial charge >= 0.3 is 0 Å². The Kier molecular flexibility index (Phi) is 3.00. The number of thiazole rings is 1. The Morgan fingerprint density at radius 2 is 2.33 bits per heavy atom. The third kappa shape index (κ3) is 2.02. The molecule has 1 N–H and O–H groups in total. The molecule has 0 saturated heterocycles. The Labute approximate surface area is 98.1 Å². The topological polar surface area (TPSA) is 29.3 Å². The van der Waals surface area contributed by atoms with Gasteiger partial charge in [-0.25, -0.2) is 4.98 Å². The third-order valence-corrected chi connectivity index (χ3v) is 3.50. The highest BCUT2D eigenvalue weighted by Crippen LogP contribution is 2.23. The van der Waals surface area contributed by atoms with Gasteiger partial charge in [-0.15, -0.1) is 11.3 Å². The molecule has 0 radical (unpaired) electrons. The van der Waals surface area contributed by atoms with Gasteiger partial charge in [-0.05, 0) is 6.92 Å². The van der Waals surface area contributed by atoms with Crippen LogP contribution < -0.4 is 5.32 Å². The molecule has 0 aliphatic rings. The average Bonchev–Trinajstić information content (AvgIpc) is 2.64. The van der Waals surface area contributed by atoms with Crippen LogP contribution in [0, 0.1) is 6.92 Å². The molecule has 2 aromatic heterocycles. The van der Waals surface area contributed by atoms with Crippen LogP contribution >= 0.6 is 22.9 Å². The minimum absolute atomic E-state index is 0.450. The molecule has 0 aliphatic carbocycles. The molecule has 0 amide bonds. The summed E-state index contributed by atoms with van der Waals surface area (Å²) >= 11 is 7.72. The summed E-state index contributed by atoms with van der Waals surface area (Å²) in [5.41, 5.74) is 2.24. The fourth-order valence-corrected chi connectivity index (χ4v) is 2.66. The average molecular weight is 244 g/mol. The molecule has 0 spiro atoms. The summed E-state index contributed by atoms with van der Waals surface area (Å²) in [5, 5.41) is 6.06. The van der Waals surface area contributed by atoms with Crippen molar-refractivity contribution in [2.75, 3.05) is 0 Å². The second-order valence-corrected chi connectivity index (χ2v) is 5.07. The van der Waals surface area contributed by atoms with Crippen molar-refractivity contribution < 1.29 is 0 Å². The van der Waals surface area contributed by atoms with Crippen molar-refractivity contribution in [1.82, 2.24) is 14.7 Å². The normalized spacial score (nSPS) is 11.8. The second-order valence-electron chi connectivity index (χ2n) is 3.88. The zero-order chi connectivity index (χ0) is 11.0. The van der Waals surface area contributed by atoms with Crippen LogP contribution in [0.3, 0.4) is 0 Å². The lowest BCUT2D eigenvalue weighted by Gasteiger charge is -2.07. The predicted molar refractivity (Wildman–Crippen MR) is 64.8 cm³/mol. The summed E-state index contributed by atoms with van der Waals surface area (Å²) in [6.45, 7) is 7.06. The van der Waals surface area contributed by atoms with Crippen LogP contribution in [0.15, 0.2) is 5.38 Å². The minimum Gasteiger partial charge on any atom is -0.309 e. The number of fused-ring (bicyclic) bond motifs is 1. The Morgan fingerprint density at radius 1 is 1.60 bits per heavy atom. The monoisotopic (exact) mass is 243 g/mol. The molecule has 5 heteroatoms. The summed E-state index contributed by atoms with van der Waals surface area (Å²) in [4.78, 5) is 5.29. The molecule has 2 heterocycles. The smallest absolute Gasteiger partial charge is 0.195 e. The van der Waals surface area contributed by atoms with E-state index in [0.29, 0.717) is 11.2 Å². The van der Waals surface area contributed by atoms with Crippen molar-refractivity contribution in [1.29, 1.82) is 0 Å². The van der Waals surface area contributed by atoms with Crippen molar-refractivity contribution in [2.24, 2.45) is 0 Å². The lowest BCUT2D eigenvalue weighted by Crippen LogP contribution is -2.22. The Bertz CT molecular complexity index is 472. The van der Waals surface area contributed by atoms with Crippen LogP contribution in [-0.4, -0.2) is 15.4 Å². The van der Waals surface area contributed by atoms with Crippen molar-refractivity contribution in [3.63, 3.8) is 0 Å². The maximum atomic E-state index is 6.10. The summed E-state index contributed by atoms with van der Waals surface area (Å²) in [6, 6.07) is 0.450. The third-order valence-electron chi connectivity index (χ3n) is 2.26. The minimum atomic E-state index is 0.450. The number of nitrogens with one attached hydrogen (secondary N) is 1. The lowest BCUT2D eigenvalue weighted by molar-refractivity contribution is 0.579. The second kappa shape index (κ2) is 4.12. The summed E-state index contributed by atoms with van der Waals surface area (Å²) in [6.07, 6.45) is 0. The fourth-order valence-electron chi connectivity index (χ4n) is 1.49. The number of nitrogens with zero attached hydrogens (tertiary/aromatic N) is 2. The van der Waals surface area contributed by atoms with Gasteiger partial charge in [-0.3, -0.25) is 4.40 Å². The van der Waals surface area contributed by atoms with Gasteiger partial charge in [0.15, 0.2) is 10.1 Å². The largest absolute Gasteiger partial charge is 0.309 e. The molecule has 3 nitrogen and oxygen atoms in total. The first kappa shape index (κ1) is 10.9. The van der Waals surface area contributed by atoms with Gasteiger partial charge in [0, 0.05) is 23.7 Å². The van der Waals surface area contributed by atoms with Gasteiger partial charge in [0.2, 0.25) is 0 Å². The van der Waals surface area contributed by atoms with E-state index in [0.717, 1.165) is 17.2 Å². The highest BCUT2D eigenvalue weighted by Gasteiger charge is 2.13. The molecule has 0 aliphatic heterocycles. The SMILES string of the molecule is Cc1csc2nc(Cl)c(CNC(C)C)n12. The number of hydrogen-bond acceptors (Lipinski definition) is 3.